The van der Waals surface area contributed by atoms with Crippen molar-refractivity contribution in [1.82, 2.24) is 4.90 Å². The average molecular weight is 216 g/mol. The van der Waals surface area contributed by atoms with Gasteiger partial charge in [0.15, 0.2) is 0 Å². The van der Waals surface area contributed by atoms with E-state index >= 15 is 0 Å². The highest BCUT2D eigenvalue weighted by atomic mass is 16.2. The second-order valence-corrected chi connectivity index (χ2v) is 3.94. The van der Waals surface area contributed by atoms with Crippen LogP contribution in [-0.4, -0.2) is 42.2 Å². The second kappa shape index (κ2) is 8.68. The number of carbonyl (C=O) groups excluding carboxylic acids is 1. The Morgan fingerprint density at radius 1 is 1.40 bits per heavy atom. The van der Waals surface area contributed by atoms with E-state index in [1.54, 1.807) is 11.9 Å². The van der Waals surface area contributed by atoms with Gasteiger partial charge in [0.2, 0.25) is 5.91 Å². The molecule has 0 aliphatic carbocycles. The van der Waals surface area contributed by atoms with Gasteiger partial charge < -0.3 is 15.7 Å². The van der Waals surface area contributed by atoms with Crippen LogP contribution < -0.4 is 5.73 Å². The Labute approximate surface area is 92.4 Å². The second-order valence-electron chi connectivity index (χ2n) is 3.94. The first-order valence-electron chi connectivity index (χ1n) is 5.74. The first-order valence-corrected chi connectivity index (χ1v) is 5.74. The Bertz CT molecular complexity index is 174. The largest absolute Gasteiger partial charge is 0.396 e. The van der Waals surface area contributed by atoms with Gasteiger partial charge in [-0.15, -0.1) is 0 Å². The van der Waals surface area contributed by atoms with Crippen molar-refractivity contribution in [3.05, 3.63) is 0 Å². The van der Waals surface area contributed by atoms with Crippen LogP contribution in [0.15, 0.2) is 0 Å². The van der Waals surface area contributed by atoms with Crippen molar-refractivity contribution in [2.75, 3.05) is 20.2 Å². The van der Waals surface area contributed by atoms with Crippen LogP contribution in [0.25, 0.3) is 0 Å². The topological polar surface area (TPSA) is 66.6 Å². The molecule has 1 atom stereocenters. The van der Waals surface area contributed by atoms with E-state index in [2.05, 4.69) is 0 Å². The van der Waals surface area contributed by atoms with Crippen LogP contribution in [0.3, 0.4) is 0 Å². The maximum atomic E-state index is 11.6. The summed E-state index contributed by atoms with van der Waals surface area (Å²) in [5, 5.41) is 8.60. The number of nitrogens with zero attached hydrogens (tertiary/aromatic N) is 1. The van der Waals surface area contributed by atoms with Crippen LogP contribution >= 0.6 is 0 Å². The number of aliphatic hydroxyl groups excluding tert-OH is 1. The molecule has 0 rings (SSSR count). The van der Waals surface area contributed by atoms with Crippen molar-refractivity contribution in [3.8, 4) is 0 Å². The maximum absolute atomic E-state index is 11.6. The molecule has 90 valence electrons. The number of unbranched alkanes of at least 4 members (excludes halogenated alkanes) is 2. The minimum Gasteiger partial charge on any atom is -0.396 e. The molecule has 0 aromatic heterocycles. The molecule has 3 N–H and O–H groups in total. The zero-order valence-corrected chi connectivity index (χ0v) is 9.91. The highest BCUT2D eigenvalue weighted by Crippen LogP contribution is 2.01. The summed E-state index contributed by atoms with van der Waals surface area (Å²) in [6.45, 7) is 2.98. The summed E-state index contributed by atoms with van der Waals surface area (Å²) in [6.07, 6.45) is 4.38. The Hall–Kier alpha value is -0.610. The Morgan fingerprint density at radius 3 is 2.60 bits per heavy atom. The van der Waals surface area contributed by atoms with Gasteiger partial charge in [-0.2, -0.15) is 0 Å². The normalized spacial score (nSPS) is 12.5. The van der Waals surface area contributed by atoms with Crippen molar-refractivity contribution < 1.29 is 9.90 Å². The molecule has 0 bridgehead atoms. The Balaban J connectivity index is 3.68. The first kappa shape index (κ1) is 14.4. The van der Waals surface area contributed by atoms with Crippen LogP contribution in [-0.2, 0) is 4.79 Å². The predicted octanol–water partition coefficient (Wildman–Crippen LogP) is 0.735. The zero-order valence-electron chi connectivity index (χ0n) is 9.91. The SMILES string of the molecule is CCCC(N)C(=O)N(C)CCCCCO. The van der Waals surface area contributed by atoms with Crippen molar-refractivity contribution in [1.29, 1.82) is 0 Å². The van der Waals surface area contributed by atoms with E-state index in [4.69, 9.17) is 10.8 Å². The zero-order chi connectivity index (χ0) is 11.7. The molecule has 0 saturated carbocycles. The van der Waals surface area contributed by atoms with Gasteiger partial charge in [0.05, 0.1) is 6.04 Å². The minimum absolute atomic E-state index is 0.0286. The fraction of sp³-hybridized carbons (Fsp3) is 0.909. The molecular formula is C11H24N2O2. The molecule has 4 nitrogen and oxygen atoms in total. The van der Waals surface area contributed by atoms with Gasteiger partial charge in [-0.3, -0.25) is 4.79 Å². The van der Waals surface area contributed by atoms with Gasteiger partial charge in [-0.1, -0.05) is 13.3 Å². The molecule has 15 heavy (non-hydrogen) atoms. The lowest BCUT2D eigenvalue weighted by molar-refractivity contribution is -0.131. The van der Waals surface area contributed by atoms with Crippen LogP contribution in [0.5, 0.6) is 0 Å². The van der Waals surface area contributed by atoms with E-state index in [9.17, 15) is 4.79 Å². The molecule has 0 heterocycles. The number of hydrogen-bond acceptors (Lipinski definition) is 3. The van der Waals surface area contributed by atoms with Gasteiger partial charge in [0.1, 0.15) is 0 Å². The molecule has 0 fully saturated rings. The number of hydrogen-bond donors (Lipinski definition) is 2. The summed E-state index contributed by atoms with van der Waals surface area (Å²) in [5.41, 5.74) is 5.73. The third-order valence-corrected chi connectivity index (χ3v) is 2.44. The number of likely N-dealkylation sites (N-methyl/N-ethyl adjacent to an activating group) is 1. The van der Waals surface area contributed by atoms with Crippen LogP contribution in [0.2, 0.25) is 0 Å². The van der Waals surface area contributed by atoms with Gasteiger partial charge in [-0.05, 0) is 25.7 Å². The molecule has 1 unspecified atom stereocenters. The third-order valence-electron chi connectivity index (χ3n) is 2.44. The van der Waals surface area contributed by atoms with E-state index in [1.807, 2.05) is 6.92 Å². The number of aliphatic hydroxyl groups is 1. The lowest BCUT2D eigenvalue weighted by atomic mass is 10.1. The number of amides is 1. The molecule has 0 aromatic carbocycles. The quantitative estimate of drug-likeness (QED) is 0.588. The third kappa shape index (κ3) is 6.47. The van der Waals surface area contributed by atoms with E-state index in [1.165, 1.54) is 0 Å². The van der Waals surface area contributed by atoms with Crippen LogP contribution in [0, 0.1) is 0 Å². The Kier molecular flexibility index (Phi) is 8.33. The van der Waals surface area contributed by atoms with Crippen molar-refractivity contribution in [2.24, 2.45) is 5.73 Å². The van der Waals surface area contributed by atoms with E-state index in [0.29, 0.717) is 0 Å². The summed E-state index contributed by atoms with van der Waals surface area (Å²) in [5.74, 6) is 0.0286. The van der Waals surface area contributed by atoms with Gasteiger partial charge in [-0.25, -0.2) is 0 Å². The van der Waals surface area contributed by atoms with Crippen molar-refractivity contribution in [2.45, 2.75) is 45.1 Å². The van der Waals surface area contributed by atoms with E-state index in [-0.39, 0.29) is 18.6 Å². The van der Waals surface area contributed by atoms with Crippen molar-refractivity contribution >= 4 is 5.91 Å². The highest BCUT2D eigenvalue weighted by Gasteiger charge is 2.16. The lowest BCUT2D eigenvalue weighted by Crippen LogP contribution is -2.42. The van der Waals surface area contributed by atoms with E-state index in [0.717, 1.165) is 38.6 Å². The fourth-order valence-corrected chi connectivity index (χ4v) is 1.47. The Morgan fingerprint density at radius 2 is 2.07 bits per heavy atom. The molecule has 1 amide bonds. The molecule has 0 saturated heterocycles. The van der Waals surface area contributed by atoms with E-state index < -0.39 is 0 Å². The summed E-state index contributed by atoms with van der Waals surface area (Å²) < 4.78 is 0. The number of nitrogens with two attached hydrogens (primary N) is 1. The van der Waals surface area contributed by atoms with Crippen molar-refractivity contribution in [3.63, 3.8) is 0 Å². The van der Waals surface area contributed by atoms with Gasteiger partial charge in [0.25, 0.3) is 0 Å². The monoisotopic (exact) mass is 216 g/mol. The number of rotatable bonds is 8. The molecule has 0 aliphatic heterocycles. The maximum Gasteiger partial charge on any atom is 0.239 e. The summed E-state index contributed by atoms with van der Waals surface area (Å²) in [4.78, 5) is 13.3. The lowest BCUT2D eigenvalue weighted by Gasteiger charge is -2.20. The summed E-state index contributed by atoms with van der Waals surface area (Å²) >= 11 is 0. The first-order chi connectivity index (χ1) is 7.13. The molecule has 4 heteroatoms. The molecule has 0 aromatic rings. The minimum atomic E-state index is -0.349. The summed E-state index contributed by atoms with van der Waals surface area (Å²) in [7, 11) is 1.79. The van der Waals surface area contributed by atoms with Crippen LogP contribution in [0.1, 0.15) is 39.0 Å². The standard InChI is InChI=1S/C11H24N2O2/c1-3-7-10(12)11(15)13(2)8-5-4-6-9-14/h10,14H,3-9,12H2,1-2H3. The molecule has 0 spiro atoms. The summed E-state index contributed by atoms with van der Waals surface area (Å²) in [6, 6.07) is -0.349. The smallest absolute Gasteiger partial charge is 0.239 e. The van der Waals surface area contributed by atoms with Gasteiger partial charge >= 0.3 is 0 Å². The molecule has 0 radical (unpaired) electrons. The highest BCUT2D eigenvalue weighted by molar-refractivity contribution is 5.81. The van der Waals surface area contributed by atoms with Gasteiger partial charge in [0, 0.05) is 20.2 Å². The average Bonchev–Trinajstić information content (AvgIpc) is 2.23. The van der Waals surface area contributed by atoms with Crippen LogP contribution in [0.4, 0.5) is 0 Å². The number of carbonyl (C=O) groups is 1. The molecular weight excluding hydrogens is 192 g/mol. The predicted molar refractivity (Wildman–Crippen MR) is 61.5 cm³/mol. The fourth-order valence-electron chi connectivity index (χ4n) is 1.47. The molecule has 0 aliphatic rings.